The standard InChI is InChI=1S/C16H15ClFNO2/c1-10-7-11(3-6-15(10)21-2)8-16(20)19-12-4-5-14(18)13(17)9-12/h3-7,9H,8H2,1-2H3,(H,19,20). The van der Waals surface area contributed by atoms with Crippen LogP contribution in [0.15, 0.2) is 36.4 Å². The Morgan fingerprint density at radius 2 is 2.05 bits per heavy atom. The lowest BCUT2D eigenvalue weighted by Gasteiger charge is -2.08. The molecule has 2 rings (SSSR count). The molecule has 0 aliphatic heterocycles. The van der Waals surface area contributed by atoms with Gasteiger partial charge in [0.15, 0.2) is 0 Å². The van der Waals surface area contributed by atoms with Crippen LogP contribution in [-0.4, -0.2) is 13.0 Å². The SMILES string of the molecule is COc1ccc(CC(=O)Nc2ccc(F)c(Cl)c2)cc1C. The van der Waals surface area contributed by atoms with Crippen molar-refractivity contribution < 1.29 is 13.9 Å². The number of hydrogen-bond acceptors (Lipinski definition) is 2. The maximum Gasteiger partial charge on any atom is 0.228 e. The van der Waals surface area contributed by atoms with E-state index in [-0.39, 0.29) is 17.4 Å². The highest BCUT2D eigenvalue weighted by molar-refractivity contribution is 6.31. The molecule has 0 aromatic heterocycles. The largest absolute Gasteiger partial charge is 0.496 e. The van der Waals surface area contributed by atoms with Crippen molar-refractivity contribution in [2.75, 3.05) is 12.4 Å². The van der Waals surface area contributed by atoms with Crippen LogP contribution in [0.25, 0.3) is 0 Å². The molecule has 0 aliphatic rings. The molecule has 110 valence electrons. The van der Waals surface area contributed by atoms with Gasteiger partial charge in [-0.2, -0.15) is 0 Å². The lowest BCUT2D eigenvalue weighted by atomic mass is 10.1. The molecular formula is C16H15ClFNO2. The van der Waals surface area contributed by atoms with Crippen LogP contribution in [0, 0.1) is 12.7 Å². The summed E-state index contributed by atoms with van der Waals surface area (Å²) in [4.78, 5) is 12.0. The van der Waals surface area contributed by atoms with Gasteiger partial charge in [0.25, 0.3) is 0 Å². The van der Waals surface area contributed by atoms with Crippen LogP contribution in [-0.2, 0) is 11.2 Å². The fourth-order valence-corrected chi connectivity index (χ4v) is 2.20. The number of carbonyl (C=O) groups excluding carboxylic acids is 1. The van der Waals surface area contributed by atoms with Crippen molar-refractivity contribution in [1.82, 2.24) is 0 Å². The van der Waals surface area contributed by atoms with Gasteiger partial charge >= 0.3 is 0 Å². The first kappa shape index (κ1) is 15.3. The van der Waals surface area contributed by atoms with Crippen molar-refractivity contribution in [2.24, 2.45) is 0 Å². The molecule has 1 amide bonds. The Balaban J connectivity index is 2.04. The molecule has 0 saturated heterocycles. The predicted octanol–water partition coefficient (Wildman–Crippen LogP) is 3.98. The van der Waals surface area contributed by atoms with Crippen LogP contribution < -0.4 is 10.1 Å². The summed E-state index contributed by atoms with van der Waals surface area (Å²) in [5.41, 5.74) is 2.31. The van der Waals surface area contributed by atoms with Gasteiger partial charge in [0, 0.05) is 5.69 Å². The van der Waals surface area contributed by atoms with Gasteiger partial charge in [0.1, 0.15) is 11.6 Å². The quantitative estimate of drug-likeness (QED) is 0.928. The number of rotatable bonds is 4. The minimum absolute atomic E-state index is 0.0203. The van der Waals surface area contributed by atoms with Crippen molar-refractivity contribution in [3.8, 4) is 5.75 Å². The highest BCUT2D eigenvalue weighted by Crippen LogP contribution is 2.21. The average Bonchev–Trinajstić information content (AvgIpc) is 2.43. The summed E-state index contributed by atoms with van der Waals surface area (Å²) in [5, 5.41) is 2.66. The summed E-state index contributed by atoms with van der Waals surface area (Å²) >= 11 is 5.67. The molecule has 3 nitrogen and oxygen atoms in total. The van der Waals surface area contributed by atoms with Crippen molar-refractivity contribution in [3.05, 3.63) is 58.4 Å². The zero-order chi connectivity index (χ0) is 15.4. The van der Waals surface area contributed by atoms with Crippen LogP contribution in [0.3, 0.4) is 0 Å². The summed E-state index contributed by atoms with van der Waals surface area (Å²) in [6, 6.07) is 9.63. The van der Waals surface area contributed by atoms with Crippen LogP contribution >= 0.6 is 11.6 Å². The van der Waals surface area contributed by atoms with Crippen molar-refractivity contribution in [1.29, 1.82) is 0 Å². The van der Waals surface area contributed by atoms with E-state index in [0.717, 1.165) is 16.9 Å². The van der Waals surface area contributed by atoms with E-state index in [2.05, 4.69) is 5.32 Å². The van der Waals surface area contributed by atoms with E-state index in [4.69, 9.17) is 16.3 Å². The molecule has 0 fully saturated rings. The van der Waals surface area contributed by atoms with Crippen molar-refractivity contribution in [2.45, 2.75) is 13.3 Å². The minimum Gasteiger partial charge on any atom is -0.496 e. The average molecular weight is 308 g/mol. The Labute approximate surface area is 127 Å². The second-order valence-electron chi connectivity index (χ2n) is 4.66. The Kier molecular flexibility index (Phi) is 4.81. The van der Waals surface area contributed by atoms with Gasteiger partial charge in [-0.3, -0.25) is 4.79 Å². The zero-order valence-electron chi connectivity index (χ0n) is 11.7. The molecule has 21 heavy (non-hydrogen) atoms. The van der Waals surface area contributed by atoms with E-state index in [0.29, 0.717) is 5.69 Å². The van der Waals surface area contributed by atoms with Gasteiger partial charge in [0.2, 0.25) is 5.91 Å². The van der Waals surface area contributed by atoms with E-state index in [9.17, 15) is 9.18 Å². The molecule has 0 saturated carbocycles. The molecule has 0 unspecified atom stereocenters. The molecule has 0 spiro atoms. The first-order valence-corrected chi connectivity index (χ1v) is 6.76. The zero-order valence-corrected chi connectivity index (χ0v) is 12.5. The molecule has 0 atom stereocenters. The van der Waals surface area contributed by atoms with E-state index in [1.807, 2.05) is 25.1 Å². The fraction of sp³-hybridized carbons (Fsp3) is 0.188. The van der Waals surface area contributed by atoms with Gasteiger partial charge in [-0.1, -0.05) is 23.7 Å². The third-order valence-corrected chi connectivity index (χ3v) is 3.32. The third kappa shape index (κ3) is 3.95. The molecule has 2 aromatic carbocycles. The number of anilines is 1. The van der Waals surface area contributed by atoms with Gasteiger partial charge in [-0.15, -0.1) is 0 Å². The molecule has 0 radical (unpaired) electrons. The van der Waals surface area contributed by atoms with Gasteiger partial charge in [-0.05, 0) is 42.3 Å². The van der Waals surface area contributed by atoms with E-state index >= 15 is 0 Å². The summed E-state index contributed by atoms with van der Waals surface area (Å²) in [5.74, 6) is 0.0761. The Bertz CT molecular complexity index is 673. The van der Waals surface area contributed by atoms with E-state index < -0.39 is 5.82 Å². The number of nitrogens with one attached hydrogen (secondary N) is 1. The van der Waals surface area contributed by atoms with E-state index in [1.165, 1.54) is 18.2 Å². The number of ether oxygens (including phenoxy) is 1. The lowest BCUT2D eigenvalue weighted by Crippen LogP contribution is -2.14. The second-order valence-corrected chi connectivity index (χ2v) is 5.07. The van der Waals surface area contributed by atoms with Crippen LogP contribution in [0.5, 0.6) is 5.75 Å². The van der Waals surface area contributed by atoms with Gasteiger partial charge in [-0.25, -0.2) is 4.39 Å². The summed E-state index contributed by atoms with van der Waals surface area (Å²) in [7, 11) is 1.60. The number of benzene rings is 2. The maximum absolute atomic E-state index is 13.0. The first-order chi connectivity index (χ1) is 9.99. The molecule has 2 aromatic rings. The first-order valence-electron chi connectivity index (χ1n) is 6.38. The smallest absolute Gasteiger partial charge is 0.228 e. The molecule has 0 aliphatic carbocycles. The Morgan fingerprint density at radius 1 is 1.29 bits per heavy atom. The van der Waals surface area contributed by atoms with E-state index in [1.54, 1.807) is 7.11 Å². The maximum atomic E-state index is 13.0. The van der Waals surface area contributed by atoms with Crippen LogP contribution in [0.1, 0.15) is 11.1 Å². The monoisotopic (exact) mass is 307 g/mol. The number of carbonyl (C=O) groups is 1. The molecule has 0 heterocycles. The summed E-state index contributed by atoms with van der Waals surface area (Å²) < 4.78 is 18.2. The van der Waals surface area contributed by atoms with Crippen LogP contribution in [0.2, 0.25) is 5.02 Å². The normalized spacial score (nSPS) is 10.3. The number of halogens is 2. The number of aryl methyl sites for hydroxylation is 1. The molecule has 1 N–H and O–H groups in total. The number of methoxy groups -OCH3 is 1. The van der Waals surface area contributed by atoms with Gasteiger partial charge < -0.3 is 10.1 Å². The molecule has 5 heteroatoms. The molecular weight excluding hydrogens is 293 g/mol. The topological polar surface area (TPSA) is 38.3 Å². The lowest BCUT2D eigenvalue weighted by molar-refractivity contribution is -0.115. The highest BCUT2D eigenvalue weighted by atomic mass is 35.5. The number of hydrogen-bond donors (Lipinski definition) is 1. The van der Waals surface area contributed by atoms with Crippen LogP contribution in [0.4, 0.5) is 10.1 Å². The van der Waals surface area contributed by atoms with Crippen molar-refractivity contribution in [3.63, 3.8) is 0 Å². The fourth-order valence-electron chi connectivity index (χ4n) is 2.01. The summed E-state index contributed by atoms with van der Waals surface area (Å²) in [6.07, 6.45) is 0.222. The minimum atomic E-state index is -0.513. The number of amides is 1. The van der Waals surface area contributed by atoms with Gasteiger partial charge in [0.05, 0.1) is 18.6 Å². The Hall–Kier alpha value is -2.07. The molecule has 0 bridgehead atoms. The predicted molar refractivity (Wildman–Crippen MR) is 81.5 cm³/mol. The second kappa shape index (κ2) is 6.59. The summed E-state index contributed by atoms with van der Waals surface area (Å²) in [6.45, 7) is 1.92. The third-order valence-electron chi connectivity index (χ3n) is 3.03. The highest BCUT2D eigenvalue weighted by Gasteiger charge is 2.08. The Morgan fingerprint density at radius 3 is 2.67 bits per heavy atom. The van der Waals surface area contributed by atoms with Crippen molar-refractivity contribution >= 4 is 23.2 Å².